The summed E-state index contributed by atoms with van der Waals surface area (Å²) in [5.74, 6) is 0.511. The Bertz CT molecular complexity index is 1200. The maximum atomic E-state index is 12.8. The molecule has 37 heavy (non-hydrogen) atoms. The standard InChI is InChI=1S/C25H28F3N5O2S.ClH/c26-25(27,28)10-20-9-21-22(30-14-31-24(21)36-20)32-18-3-1-2-17(8-18)29-11-15-4-6-16(7-5-15)23(34)33-19-12-35-13-19;/h4-7,9,14,17-19,29H,1-3,8,10-13H2,(H,33,34)(H,30,31,32);1H/t17-,18+;/m0./s1. The maximum absolute atomic E-state index is 12.8. The first-order valence-electron chi connectivity index (χ1n) is 12.1. The predicted molar refractivity (Wildman–Crippen MR) is 139 cm³/mol. The number of nitrogens with one attached hydrogen (secondary N) is 3. The van der Waals surface area contributed by atoms with Gasteiger partial charge in [-0.2, -0.15) is 13.2 Å². The number of benzene rings is 1. The summed E-state index contributed by atoms with van der Waals surface area (Å²) in [6.07, 6.45) is 0.146. The Kier molecular flexibility index (Phi) is 8.89. The van der Waals surface area contributed by atoms with Crippen molar-refractivity contribution in [1.82, 2.24) is 20.6 Å². The molecule has 2 aromatic heterocycles. The van der Waals surface area contributed by atoms with Gasteiger partial charge in [0.1, 0.15) is 17.0 Å². The number of halogens is 4. The van der Waals surface area contributed by atoms with Crippen LogP contribution in [0, 0.1) is 0 Å². The maximum Gasteiger partial charge on any atom is 0.393 e. The van der Waals surface area contributed by atoms with Crippen molar-refractivity contribution in [3.63, 3.8) is 0 Å². The number of fused-ring (bicyclic) bond motifs is 1. The quantitative estimate of drug-likeness (QED) is 0.368. The zero-order valence-corrected chi connectivity index (χ0v) is 21.6. The minimum Gasteiger partial charge on any atom is -0.377 e. The monoisotopic (exact) mass is 555 g/mol. The SMILES string of the molecule is Cl.O=C(NC1COC1)c1ccc(CN[C@H]2CCC[C@@H](Nc3ncnc4sc(CC(F)(F)F)cc34)C2)cc1. The topological polar surface area (TPSA) is 88.2 Å². The molecule has 1 saturated heterocycles. The molecule has 0 unspecified atom stereocenters. The highest BCUT2D eigenvalue weighted by Gasteiger charge is 2.29. The third-order valence-corrected chi connectivity index (χ3v) is 7.60. The molecule has 3 heterocycles. The first-order valence-corrected chi connectivity index (χ1v) is 12.9. The number of rotatable bonds is 8. The normalized spacial score (nSPS) is 20.2. The number of anilines is 1. The highest BCUT2D eigenvalue weighted by molar-refractivity contribution is 7.18. The second kappa shape index (κ2) is 11.9. The molecule has 1 amide bonds. The largest absolute Gasteiger partial charge is 0.393 e. The third-order valence-electron chi connectivity index (χ3n) is 6.55. The first kappa shape index (κ1) is 27.6. The van der Waals surface area contributed by atoms with Gasteiger partial charge in [-0.25, -0.2) is 9.97 Å². The Hall–Kier alpha value is -2.47. The summed E-state index contributed by atoms with van der Waals surface area (Å²) in [4.78, 5) is 21.5. The molecule has 5 rings (SSSR count). The summed E-state index contributed by atoms with van der Waals surface area (Å²) >= 11 is 1.06. The van der Waals surface area contributed by atoms with E-state index in [-0.39, 0.29) is 35.3 Å². The molecular weight excluding hydrogens is 527 g/mol. The molecule has 7 nitrogen and oxygen atoms in total. The van der Waals surface area contributed by atoms with Crippen LogP contribution in [-0.2, 0) is 17.7 Å². The van der Waals surface area contributed by atoms with Gasteiger partial charge >= 0.3 is 6.18 Å². The summed E-state index contributed by atoms with van der Waals surface area (Å²) in [7, 11) is 0. The van der Waals surface area contributed by atoms with E-state index < -0.39 is 12.6 Å². The van der Waals surface area contributed by atoms with Crippen molar-refractivity contribution in [2.75, 3.05) is 18.5 Å². The molecule has 2 fully saturated rings. The van der Waals surface area contributed by atoms with Crippen LogP contribution in [0.25, 0.3) is 10.2 Å². The summed E-state index contributed by atoms with van der Waals surface area (Å²) in [6, 6.07) is 9.73. The third kappa shape index (κ3) is 7.31. The second-order valence-corrected chi connectivity index (χ2v) is 10.6. The van der Waals surface area contributed by atoms with Gasteiger partial charge < -0.3 is 20.7 Å². The number of carbonyl (C=O) groups is 1. The Morgan fingerprint density at radius 3 is 2.54 bits per heavy atom. The minimum absolute atomic E-state index is 0. The van der Waals surface area contributed by atoms with Crippen molar-refractivity contribution in [2.45, 2.75) is 63.0 Å². The van der Waals surface area contributed by atoms with Crippen LogP contribution in [-0.4, -0.2) is 53.4 Å². The van der Waals surface area contributed by atoms with Crippen LogP contribution in [0.5, 0.6) is 0 Å². The molecule has 2 atom stereocenters. The fraction of sp³-hybridized carbons (Fsp3) is 0.480. The lowest BCUT2D eigenvalue weighted by molar-refractivity contribution is -0.126. The Balaban J connectivity index is 0.00000320. The number of alkyl halides is 3. The molecule has 1 aromatic carbocycles. The summed E-state index contributed by atoms with van der Waals surface area (Å²) < 4.78 is 43.6. The summed E-state index contributed by atoms with van der Waals surface area (Å²) in [6.45, 7) is 1.83. The van der Waals surface area contributed by atoms with Crippen molar-refractivity contribution < 1.29 is 22.7 Å². The lowest BCUT2D eigenvalue weighted by Crippen LogP contribution is -2.48. The minimum atomic E-state index is -4.25. The highest BCUT2D eigenvalue weighted by Crippen LogP contribution is 2.33. The number of hydrogen-bond donors (Lipinski definition) is 3. The van der Waals surface area contributed by atoms with Crippen molar-refractivity contribution in [3.8, 4) is 0 Å². The van der Waals surface area contributed by atoms with Gasteiger partial charge in [0, 0.05) is 29.1 Å². The van der Waals surface area contributed by atoms with Crippen molar-refractivity contribution in [1.29, 1.82) is 0 Å². The predicted octanol–water partition coefficient (Wildman–Crippen LogP) is 4.86. The molecule has 3 aromatic rings. The van der Waals surface area contributed by atoms with E-state index in [0.29, 0.717) is 47.4 Å². The van der Waals surface area contributed by atoms with Gasteiger partial charge in [-0.05, 0) is 49.4 Å². The molecule has 0 radical (unpaired) electrons. The smallest absolute Gasteiger partial charge is 0.377 e. The highest BCUT2D eigenvalue weighted by atomic mass is 35.5. The van der Waals surface area contributed by atoms with Crippen LogP contribution < -0.4 is 16.0 Å². The number of amides is 1. The van der Waals surface area contributed by atoms with Gasteiger partial charge in [0.15, 0.2) is 0 Å². The van der Waals surface area contributed by atoms with Crippen molar-refractivity contribution in [3.05, 3.63) is 52.7 Å². The summed E-state index contributed by atoms with van der Waals surface area (Å²) in [5.41, 5.74) is 1.73. The van der Waals surface area contributed by atoms with Gasteiger partial charge in [-0.15, -0.1) is 23.7 Å². The van der Waals surface area contributed by atoms with E-state index in [9.17, 15) is 18.0 Å². The van der Waals surface area contributed by atoms with Gasteiger partial charge in [0.25, 0.3) is 5.91 Å². The van der Waals surface area contributed by atoms with Crippen LogP contribution >= 0.6 is 23.7 Å². The molecule has 0 bridgehead atoms. The molecule has 1 aliphatic heterocycles. The number of nitrogens with zero attached hydrogens (tertiary/aromatic N) is 2. The van der Waals surface area contributed by atoms with E-state index >= 15 is 0 Å². The van der Waals surface area contributed by atoms with Crippen molar-refractivity contribution in [2.24, 2.45) is 0 Å². The van der Waals surface area contributed by atoms with Gasteiger partial charge in [-0.1, -0.05) is 12.1 Å². The number of thiophene rings is 1. The lowest BCUT2D eigenvalue weighted by Gasteiger charge is -2.31. The van der Waals surface area contributed by atoms with Crippen molar-refractivity contribution >= 4 is 45.7 Å². The molecule has 12 heteroatoms. The fourth-order valence-corrected chi connectivity index (χ4v) is 5.66. The van der Waals surface area contributed by atoms with Crippen LogP contribution in [0.4, 0.5) is 19.0 Å². The second-order valence-electron chi connectivity index (χ2n) is 9.44. The molecule has 2 aliphatic rings. The molecule has 200 valence electrons. The Morgan fingerprint density at radius 1 is 1.08 bits per heavy atom. The number of carbonyl (C=O) groups excluding carboxylic acids is 1. The zero-order valence-electron chi connectivity index (χ0n) is 20.0. The van der Waals surface area contributed by atoms with E-state index in [1.54, 1.807) is 6.07 Å². The van der Waals surface area contributed by atoms with E-state index in [2.05, 4.69) is 25.9 Å². The average molecular weight is 556 g/mol. The van der Waals surface area contributed by atoms with Gasteiger partial charge in [0.2, 0.25) is 0 Å². The first-order chi connectivity index (χ1) is 17.3. The van der Waals surface area contributed by atoms with E-state index in [4.69, 9.17) is 4.74 Å². The average Bonchev–Trinajstić information content (AvgIpc) is 3.22. The Morgan fingerprint density at radius 2 is 1.84 bits per heavy atom. The lowest BCUT2D eigenvalue weighted by atomic mass is 9.90. The van der Waals surface area contributed by atoms with Crippen LogP contribution in [0.3, 0.4) is 0 Å². The van der Waals surface area contributed by atoms with Crippen LogP contribution in [0.2, 0.25) is 0 Å². The molecule has 3 N–H and O–H groups in total. The van der Waals surface area contributed by atoms with Crippen LogP contribution in [0.1, 0.15) is 46.5 Å². The molecular formula is C25H29ClF3N5O2S. The van der Waals surface area contributed by atoms with Crippen LogP contribution in [0.15, 0.2) is 36.7 Å². The number of aromatic nitrogens is 2. The number of hydrogen-bond acceptors (Lipinski definition) is 7. The number of ether oxygens (including phenoxy) is 1. The Labute approximate surface area is 223 Å². The van der Waals surface area contributed by atoms with E-state index in [1.807, 2.05) is 24.3 Å². The molecule has 1 saturated carbocycles. The molecule has 1 aliphatic carbocycles. The zero-order chi connectivity index (χ0) is 25.1. The van der Waals surface area contributed by atoms with Gasteiger partial charge in [-0.3, -0.25) is 4.79 Å². The molecule has 0 spiro atoms. The van der Waals surface area contributed by atoms with Gasteiger partial charge in [0.05, 0.1) is 31.1 Å². The van der Waals surface area contributed by atoms with E-state index in [1.165, 1.54) is 6.33 Å². The van der Waals surface area contributed by atoms with E-state index in [0.717, 1.165) is 42.6 Å². The summed E-state index contributed by atoms with van der Waals surface area (Å²) in [5, 5.41) is 10.6. The fourth-order valence-electron chi connectivity index (χ4n) is 4.63.